The van der Waals surface area contributed by atoms with E-state index in [0.717, 1.165) is 21.9 Å². The Balaban J connectivity index is 2.00. The van der Waals surface area contributed by atoms with Gasteiger partial charge in [-0.1, -0.05) is 36.7 Å². The second kappa shape index (κ2) is 8.24. The van der Waals surface area contributed by atoms with Gasteiger partial charge in [-0.25, -0.2) is 14.7 Å². The minimum absolute atomic E-state index is 0.00550. The quantitative estimate of drug-likeness (QED) is 0.558. The molecule has 0 fully saturated rings. The van der Waals surface area contributed by atoms with Gasteiger partial charge in [-0.2, -0.15) is 0 Å². The van der Waals surface area contributed by atoms with Gasteiger partial charge in [-0.15, -0.1) is 16.4 Å². The summed E-state index contributed by atoms with van der Waals surface area (Å²) in [6.45, 7) is 3.36. The number of amides is 1. The molecule has 4 rings (SSSR count). The molecule has 8 nitrogen and oxygen atoms in total. The second-order valence-electron chi connectivity index (χ2n) is 7.11. The Morgan fingerprint density at radius 3 is 2.65 bits per heavy atom. The molecule has 2 aromatic heterocycles. The van der Waals surface area contributed by atoms with Crippen LogP contribution < -0.4 is 0 Å². The number of hydrogen-bond acceptors (Lipinski definition) is 7. The molecule has 0 bridgehead atoms. The van der Waals surface area contributed by atoms with Gasteiger partial charge < -0.3 is 9.64 Å². The van der Waals surface area contributed by atoms with Gasteiger partial charge >= 0.3 is 5.97 Å². The third-order valence-corrected chi connectivity index (χ3v) is 6.25. The molecule has 10 heteroatoms. The van der Waals surface area contributed by atoms with Crippen molar-refractivity contribution in [2.75, 3.05) is 14.1 Å². The fourth-order valence-electron chi connectivity index (χ4n) is 3.21. The van der Waals surface area contributed by atoms with Crippen LogP contribution >= 0.6 is 22.9 Å². The molecular weight excluding hydrogens is 438 g/mol. The van der Waals surface area contributed by atoms with E-state index in [2.05, 4.69) is 17.0 Å². The summed E-state index contributed by atoms with van der Waals surface area (Å²) >= 11 is 8.01. The monoisotopic (exact) mass is 457 g/mol. The van der Waals surface area contributed by atoms with Crippen LogP contribution in [-0.2, 0) is 16.0 Å². The van der Waals surface area contributed by atoms with E-state index >= 15 is 0 Å². The SMILES string of the molecule is CCc1cc2c(s1)-n1nc(C(=O)N(C)C)nc1C(OC(C)=O)N=C2c1ccccc1Cl. The Morgan fingerprint density at radius 2 is 2.00 bits per heavy atom. The molecule has 1 atom stereocenters. The van der Waals surface area contributed by atoms with Crippen LogP contribution in [0.2, 0.25) is 5.02 Å². The van der Waals surface area contributed by atoms with E-state index in [1.165, 1.54) is 23.2 Å². The molecule has 1 aliphatic rings. The van der Waals surface area contributed by atoms with Crippen LogP contribution in [0.15, 0.2) is 35.3 Å². The Hall–Kier alpha value is -3.04. The number of aryl methyl sites for hydroxylation is 1. The van der Waals surface area contributed by atoms with Gasteiger partial charge in [0, 0.05) is 42.0 Å². The lowest BCUT2D eigenvalue weighted by Crippen LogP contribution is -2.23. The van der Waals surface area contributed by atoms with E-state index in [1.54, 1.807) is 24.8 Å². The highest BCUT2D eigenvalue weighted by Crippen LogP contribution is 2.37. The molecule has 1 unspecified atom stereocenters. The largest absolute Gasteiger partial charge is 0.432 e. The molecule has 1 amide bonds. The summed E-state index contributed by atoms with van der Waals surface area (Å²) in [4.78, 5) is 36.0. The number of esters is 1. The lowest BCUT2D eigenvalue weighted by atomic mass is 10.0. The number of halogens is 1. The summed E-state index contributed by atoms with van der Waals surface area (Å²) in [6, 6.07) is 9.37. The number of rotatable bonds is 4. The van der Waals surface area contributed by atoms with Crippen molar-refractivity contribution in [3.8, 4) is 5.00 Å². The number of thiophene rings is 1. The minimum atomic E-state index is -1.08. The highest BCUT2D eigenvalue weighted by Gasteiger charge is 2.33. The van der Waals surface area contributed by atoms with Crippen LogP contribution in [0.25, 0.3) is 5.00 Å². The first-order valence-electron chi connectivity index (χ1n) is 9.62. The third kappa shape index (κ3) is 3.86. The van der Waals surface area contributed by atoms with Gasteiger partial charge in [0.05, 0.1) is 5.71 Å². The zero-order valence-corrected chi connectivity index (χ0v) is 19.0. The Labute approximate surface area is 188 Å². The molecule has 1 aromatic carbocycles. The zero-order valence-electron chi connectivity index (χ0n) is 17.4. The van der Waals surface area contributed by atoms with E-state index in [9.17, 15) is 9.59 Å². The van der Waals surface area contributed by atoms with Gasteiger partial charge in [-0.05, 0) is 18.6 Å². The number of ether oxygens (including phenoxy) is 1. The predicted octanol–water partition coefficient (Wildman–Crippen LogP) is 3.66. The molecule has 1 aliphatic heterocycles. The molecule has 160 valence electrons. The van der Waals surface area contributed by atoms with Crippen LogP contribution in [0.1, 0.15) is 52.5 Å². The predicted molar refractivity (Wildman–Crippen MR) is 118 cm³/mol. The van der Waals surface area contributed by atoms with Crippen LogP contribution in [0.5, 0.6) is 0 Å². The third-order valence-electron chi connectivity index (χ3n) is 4.66. The number of benzene rings is 1. The standard InChI is InChI=1S/C21H20ClN5O3S/c1-5-12-10-14-16(13-8-6-7-9-15(13)22)23-19(30-11(2)28)18-24-17(20(29)26(3)4)25-27(18)21(14)31-12/h6-10,19H,5H2,1-4H3. The van der Waals surface area contributed by atoms with E-state index in [4.69, 9.17) is 21.3 Å². The first-order chi connectivity index (χ1) is 14.8. The normalized spacial score (nSPS) is 14.9. The van der Waals surface area contributed by atoms with Gasteiger partial charge in [0.1, 0.15) is 5.00 Å². The number of aliphatic imine (C=N–C) groups is 1. The highest BCUT2D eigenvalue weighted by molar-refractivity contribution is 7.15. The Morgan fingerprint density at radius 1 is 1.26 bits per heavy atom. The fraction of sp³-hybridized carbons (Fsp3) is 0.286. The summed E-state index contributed by atoms with van der Waals surface area (Å²) in [5.74, 6) is -0.618. The molecule has 0 saturated heterocycles. The average Bonchev–Trinajstić information content (AvgIpc) is 3.33. The van der Waals surface area contributed by atoms with E-state index in [-0.39, 0.29) is 17.6 Å². The molecule has 0 saturated carbocycles. The molecule has 0 spiro atoms. The number of aromatic nitrogens is 3. The number of fused-ring (bicyclic) bond motifs is 3. The van der Waals surface area contributed by atoms with Crippen LogP contribution in [0.4, 0.5) is 0 Å². The summed E-state index contributed by atoms with van der Waals surface area (Å²) < 4.78 is 7.04. The smallest absolute Gasteiger partial charge is 0.304 e. The number of nitrogens with zero attached hydrogens (tertiary/aromatic N) is 5. The molecular formula is C21H20ClN5O3S. The average molecular weight is 458 g/mol. The summed E-state index contributed by atoms with van der Waals surface area (Å²) in [5.41, 5.74) is 2.08. The van der Waals surface area contributed by atoms with Gasteiger partial charge in [-0.3, -0.25) is 9.59 Å². The van der Waals surface area contributed by atoms with Crippen molar-refractivity contribution in [2.24, 2.45) is 4.99 Å². The van der Waals surface area contributed by atoms with Crippen molar-refractivity contribution in [1.82, 2.24) is 19.7 Å². The molecule has 0 N–H and O–H groups in total. The van der Waals surface area contributed by atoms with E-state index < -0.39 is 12.2 Å². The maximum atomic E-state index is 12.5. The summed E-state index contributed by atoms with van der Waals surface area (Å²) in [7, 11) is 3.25. The molecule has 3 heterocycles. The van der Waals surface area contributed by atoms with Crippen molar-refractivity contribution in [3.05, 3.63) is 63.0 Å². The zero-order chi connectivity index (χ0) is 22.3. The van der Waals surface area contributed by atoms with Crippen LogP contribution in [-0.4, -0.2) is 51.3 Å². The first-order valence-corrected chi connectivity index (χ1v) is 10.8. The Kier molecular flexibility index (Phi) is 5.63. The number of carbonyl (C=O) groups excluding carboxylic acids is 2. The van der Waals surface area contributed by atoms with E-state index in [1.807, 2.05) is 24.3 Å². The second-order valence-corrected chi connectivity index (χ2v) is 8.63. The van der Waals surface area contributed by atoms with Crippen molar-refractivity contribution in [1.29, 1.82) is 0 Å². The lowest BCUT2D eigenvalue weighted by molar-refractivity contribution is -0.146. The van der Waals surface area contributed by atoms with Gasteiger partial charge in [0.15, 0.2) is 5.82 Å². The van der Waals surface area contributed by atoms with Crippen molar-refractivity contribution in [3.63, 3.8) is 0 Å². The van der Waals surface area contributed by atoms with Crippen molar-refractivity contribution in [2.45, 2.75) is 26.5 Å². The van der Waals surface area contributed by atoms with Crippen LogP contribution in [0.3, 0.4) is 0 Å². The minimum Gasteiger partial charge on any atom is -0.432 e. The van der Waals surface area contributed by atoms with Gasteiger partial charge in [0.25, 0.3) is 12.1 Å². The van der Waals surface area contributed by atoms with E-state index in [0.29, 0.717) is 16.3 Å². The highest BCUT2D eigenvalue weighted by atomic mass is 35.5. The maximum absolute atomic E-state index is 12.5. The van der Waals surface area contributed by atoms with Gasteiger partial charge in [0.2, 0.25) is 5.82 Å². The number of carbonyl (C=O) groups is 2. The Bertz CT molecular complexity index is 1210. The fourth-order valence-corrected chi connectivity index (χ4v) is 4.49. The van der Waals surface area contributed by atoms with Crippen molar-refractivity contribution >= 4 is 40.5 Å². The molecule has 0 aliphatic carbocycles. The molecule has 3 aromatic rings. The summed E-state index contributed by atoms with van der Waals surface area (Å²) in [6.07, 6.45) is -0.265. The van der Waals surface area contributed by atoms with Crippen LogP contribution in [0, 0.1) is 0 Å². The maximum Gasteiger partial charge on any atom is 0.304 e. The van der Waals surface area contributed by atoms with Crippen molar-refractivity contribution < 1.29 is 14.3 Å². The number of hydrogen-bond donors (Lipinski definition) is 0. The summed E-state index contributed by atoms with van der Waals surface area (Å²) in [5, 5.41) is 5.72. The first kappa shape index (κ1) is 21.2. The molecule has 0 radical (unpaired) electrons. The lowest BCUT2D eigenvalue weighted by Gasteiger charge is -2.12. The topological polar surface area (TPSA) is 89.7 Å². The molecule has 31 heavy (non-hydrogen) atoms.